The van der Waals surface area contributed by atoms with Crippen molar-refractivity contribution in [3.63, 3.8) is 0 Å². The molecular weight excluding hydrogens is 296 g/mol. The van der Waals surface area contributed by atoms with E-state index in [1.807, 2.05) is 31.2 Å². The Hall–Kier alpha value is -1.88. The van der Waals surface area contributed by atoms with Gasteiger partial charge in [-0.25, -0.2) is 9.78 Å². The van der Waals surface area contributed by atoms with E-state index in [4.69, 9.17) is 5.11 Å². The largest absolute Gasteiger partial charge is 0.478 e. The molecule has 0 unspecified atom stereocenters. The maximum atomic E-state index is 10.5. The molecule has 5 heteroatoms. The summed E-state index contributed by atoms with van der Waals surface area (Å²) in [5, 5.41) is 8.60. The lowest BCUT2D eigenvalue weighted by Gasteiger charge is -1.98. The standard InChI is InChI=1S/C13H11BrN2O2/c1-8-11(6-7-12(17)18)16-13(15-8)9-4-2-3-5-10(9)14/h2-7H,1H3,(H,15,16)(H,17,18)/b7-6+. The van der Waals surface area contributed by atoms with Crippen molar-refractivity contribution in [2.75, 3.05) is 0 Å². The van der Waals surface area contributed by atoms with Gasteiger partial charge in [0.1, 0.15) is 5.82 Å². The molecule has 1 heterocycles. The van der Waals surface area contributed by atoms with Crippen LogP contribution in [-0.4, -0.2) is 21.0 Å². The predicted octanol–water partition coefficient (Wildman–Crippen LogP) is 3.25. The second-order valence-corrected chi connectivity index (χ2v) is 4.60. The minimum absolute atomic E-state index is 0.628. The van der Waals surface area contributed by atoms with Crippen LogP contribution in [0.3, 0.4) is 0 Å². The number of carbonyl (C=O) groups is 1. The van der Waals surface area contributed by atoms with Crippen molar-refractivity contribution < 1.29 is 9.90 Å². The number of aromatic nitrogens is 2. The zero-order valence-corrected chi connectivity index (χ0v) is 11.2. The van der Waals surface area contributed by atoms with Crippen LogP contribution in [0.1, 0.15) is 11.4 Å². The molecule has 0 bridgehead atoms. The van der Waals surface area contributed by atoms with Crippen molar-refractivity contribution in [3.05, 3.63) is 46.2 Å². The fourth-order valence-electron chi connectivity index (χ4n) is 1.57. The summed E-state index contributed by atoms with van der Waals surface area (Å²) in [6.45, 7) is 1.86. The molecule has 0 aliphatic heterocycles. The van der Waals surface area contributed by atoms with E-state index < -0.39 is 5.97 Å². The highest BCUT2D eigenvalue weighted by atomic mass is 79.9. The van der Waals surface area contributed by atoms with E-state index >= 15 is 0 Å². The molecule has 1 aromatic heterocycles. The third-order valence-electron chi connectivity index (χ3n) is 2.44. The minimum atomic E-state index is -0.986. The van der Waals surface area contributed by atoms with Crippen LogP contribution in [0.15, 0.2) is 34.8 Å². The molecule has 0 atom stereocenters. The van der Waals surface area contributed by atoms with Crippen molar-refractivity contribution >= 4 is 28.0 Å². The van der Waals surface area contributed by atoms with Gasteiger partial charge >= 0.3 is 5.97 Å². The number of H-pyrrole nitrogens is 1. The summed E-state index contributed by atoms with van der Waals surface area (Å²) in [7, 11) is 0. The van der Waals surface area contributed by atoms with Gasteiger partial charge in [0.05, 0.1) is 5.69 Å². The van der Waals surface area contributed by atoms with Crippen LogP contribution in [0.5, 0.6) is 0 Å². The SMILES string of the molecule is Cc1[nH]c(-c2ccccc2Br)nc1/C=C/C(=O)O. The summed E-state index contributed by atoms with van der Waals surface area (Å²) in [4.78, 5) is 18.0. The predicted molar refractivity (Wildman–Crippen MR) is 73.1 cm³/mol. The second kappa shape index (κ2) is 5.18. The zero-order valence-electron chi connectivity index (χ0n) is 9.64. The van der Waals surface area contributed by atoms with Crippen molar-refractivity contribution in [2.24, 2.45) is 0 Å². The molecular formula is C13H11BrN2O2. The van der Waals surface area contributed by atoms with Gasteiger partial charge in [0, 0.05) is 21.8 Å². The van der Waals surface area contributed by atoms with Crippen molar-refractivity contribution in [1.29, 1.82) is 0 Å². The Morgan fingerprint density at radius 2 is 2.17 bits per heavy atom. The molecule has 0 amide bonds. The van der Waals surface area contributed by atoms with Crippen LogP contribution < -0.4 is 0 Å². The van der Waals surface area contributed by atoms with Crippen LogP contribution >= 0.6 is 15.9 Å². The Kier molecular flexibility index (Phi) is 3.62. The third-order valence-corrected chi connectivity index (χ3v) is 3.13. The van der Waals surface area contributed by atoms with E-state index in [1.165, 1.54) is 6.08 Å². The molecule has 0 radical (unpaired) electrons. The molecule has 0 saturated carbocycles. The summed E-state index contributed by atoms with van der Waals surface area (Å²) in [6, 6.07) is 7.71. The molecule has 0 fully saturated rings. The molecule has 0 aliphatic carbocycles. The van der Waals surface area contributed by atoms with Gasteiger partial charge in [-0.05, 0) is 19.1 Å². The number of aryl methyl sites for hydroxylation is 1. The van der Waals surface area contributed by atoms with E-state index in [2.05, 4.69) is 25.9 Å². The molecule has 18 heavy (non-hydrogen) atoms. The highest BCUT2D eigenvalue weighted by molar-refractivity contribution is 9.10. The second-order valence-electron chi connectivity index (χ2n) is 3.75. The van der Waals surface area contributed by atoms with Crippen LogP contribution in [-0.2, 0) is 4.79 Å². The van der Waals surface area contributed by atoms with Gasteiger partial charge in [-0.15, -0.1) is 0 Å². The van der Waals surface area contributed by atoms with E-state index in [0.717, 1.165) is 21.8 Å². The first kappa shape index (κ1) is 12.6. The number of halogens is 1. The average Bonchev–Trinajstić information content (AvgIpc) is 2.68. The molecule has 0 aliphatic rings. The molecule has 92 valence electrons. The Labute approximate surface area is 113 Å². The van der Waals surface area contributed by atoms with Gasteiger partial charge < -0.3 is 10.1 Å². The fraction of sp³-hybridized carbons (Fsp3) is 0.0769. The highest BCUT2D eigenvalue weighted by Gasteiger charge is 2.09. The van der Waals surface area contributed by atoms with Gasteiger partial charge in [-0.3, -0.25) is 0 Å². The number of carboxylic acid groups (broad SMARTS) is 1. The number of hydrogen-bond acceptors (Lipinski definition) is 2. The van der Waals surface area contributed by atoms with Gasteiger partial charge in [-0.2, -0.15) is 0 Å². The fourth-order valence-corrected chi connectivity index (χ4v) is 2.04. The number of imidazole rings is 1. The van der Waals surface area contributed by atoms with E-state index in [1.54, 1.807) is 0 Å². The lowest BCUT2D eigenvalue weighted by atomic mass is 10.2. The maximum absolute atomic E-state index is 10.5. The van der Waals surface area contributed by atoms with Crippen LogP contribution in [0, 0.1) is 6.92 Å². The molecule has 2 aromatic rings. The number of benzene rings is 1. The number of hydrogen-bond donors (Lipinski definition) is 2. The first-order valence-corrected chi connectivity index (χ1v) is 6.09. The number of carboxylic acids is 1. The van der Waals surface area contributed by atoms with Crippen molar-refractivity contribution in [1.82, 2.24) is 9.97 Å². The number of rotatable bonds is 3. The van der Waals surface area contributed by atoms with Gasteiger partial charge in [0.25, 0.3) is 0 Å². The normalized spacial score (nSPS) is 11.0. The summed E-state index contributed by atoms with van der Waals surface area (Å²) >= 11 is 3.46. The topological polar surface area (TPSA) is 66.0 Å². The minimum Gasteiger partial charge on any atom is -0.478 e. The Bertz CT molecular complexity index is 617. The highest BCUT2D eigenvalue weighted by Crippen LogP contribution is 2.26. The molecule has 2 N–H and O–H groups in total. The molecule has 2 rings (SSSR count). The van der Waals surface area contributed by atoms with Gasteiger partial charge in [-0.1, -0.05) is 34.1 Å². The molecule has 1 aromatic carbocycles. The molecule has 4 nitrogen and oxygen atoms in total. The molecule has 0 spiro atoms. The summed E-state index contributed by atoms with van der Waals surface area (Å²) in [5.74, 6) is -0.273. The van der Waals surface area contributed by atoms with E-state index in [0.29, 0.717) is 11.5 Å². The van der Waals surface area contributed by atoms with Crippen LogP contribution in [0.2, 0.25) is 0 Å². The molecule has 0 saturated heterocycles. The maximum Gasteiger partial charge on any atom is 0.328 e. The van der Waals surface area contributed by atoms with Gasteiger partial charge in [0.15, 0.2) is 0 Å². The Morgan fingerprint density at radius 3 is 2.83 bits per heavy atom. The summed E-state index contributed by atoms with van der Waals surface area (Å²) < 4.78 is 0.938. The average molecular weight is 307 g/mol. The number of nitrogens with zero attached hydrogens (tertiary/aromatic N) is 1. The quantitative estimate of drug-likeness (QED) is 0.856. The Morgan fingerprint density at radius 1 is 1.44 bits per heavy atom. The van der Waals surface area contributed by atoms with E-state index in [-0.39, 0.29) is 0 Å². The Balaban J connectivity index is 2.41. The smallest absolute Gasteiger partial charge is 0.328 e. The van der Waals surface area contributed by atoms with Crippen LogP contribution in [0.25, 0.3) is 17.5 Å². The number of nitrogens with one attached hydrogen (secondary N) is 1. The van der Waals surface area contributed by atoms with Gasteiger partial charge in [0.2, 0.25) is 0 Å². The summed E-state index contributed by atoms with van der Waals surface area (Å²) in [6.07, 6.45) is 2.56. The number of aromatic amines is 1. The first-order chi connectivity index (χ1) is 8.58. The van der Waals surface area contributed by atoms with Crippen molar-refractivity contribution in [3.8, 4) is 11.4 Å². The van der Waals surface area contributed by atoms with Crippen LogP contribution in [0.4, 0.5) is 0 Å². The zero-order chi connectivity index (χ0) is 13.1. The third kappa shape index (κ3) is 2.68. The van der Waals surface area contributed by atoms with E-state index in [9.17, 15) is 4.79 Å². The monoisotopic (exact) mass is 306 g/mol. The number of aliphatic carboxylic acids is 1. The first-order valence-electron chi connectivity index (χ1n) is 5.30. The van der Waals surface area contributed by atoms with Crippen molar-refractivity contribution in [2.45, 2.75) is 6.92 Å². The lowest BCUT2D eigenvalue weighted by Crippen LogP contribution is -1.86. The lowest BCUT2D eigenvalue weighted by molar-refractivity contribution is -0.131. The summed E-state index contributed by atoms with van der Waals surface area (Å²) in [5.41, 5.74) is 2.40.